The van der Waals surface area contributed by atoms with E-state index in [2.05, 4.69) is 17.0 Å². The van der Waals surface area contributed by atoms with Crippen LogP contribution < -0.4 is 5.32 Å². The van der Waals surface area contributed by atoms with E-state index in [0.717, 1.165) is 0 Å². The van der Waals surface area contributed by atoms with E-state index in [1.807, 2.05) is 6.92 Å². The molecule has 8 nitrogen and oxygen atoms in total. The molecule has 0 aromatic carbocycles. The summed E-state index contributed by atoms with van der Waals surface area (Å²) in [5.41, 5.74) is -0.997. The highest BCUT2D eigenvalue weighted by molar-refractivity contribution is 7.86. The third kappa shape index (κ3) is 3.30. The van der Waals surface area contributed by atoms with Crippen molar-refractivity contribution in [2.45, 2.75) is 32.0 Å². The number of rotatable bonds is 5. The molecule has 9 heteroatoms. The summed E-state index contributed by atoms with van der Waals surface area (Å²) in [7, 11) is -3.57. The highest BCUT2D eigenvalue weighted by Gasteiger charge is 2.60. The first-order valence-corrected chi connectivity index (χ1v) is 8.57. The molecule has 2 rings (SSSR count). The van der Waals surface area contributed by atoms with Crippen LogP contribution in [0.1, 0.15) is 20.3 Å². The molecule has 2 bridgehead atoms. The Balaban J connectivity index is 2.01. The topological polar surface area (TPSA) is 111 Å². The Hall–Kier alpha value is -1.48. The van der Waals surface area contributed by atoms with E-state index < -0.39 is 33.7 Å². The molecule has 4 unspecified atom stereocenters. The van der Waals surface area contributed by atoms with Gasteiger partial charge in [0.1, 0.15) is 24.8 Å². The second-order valence-electron chi connectivity index (χ2n) is 5.97. The van der Waals surface area contributed by atoms with Crippen molar-refractivity contribution < 1.29 is 26.9 Å². The van der Waals surface area contributed by atoms with Gasteiger partial charge in [0.05, 0.1) is 5.75 Å². The van der Waals surface area contributed by atoms with Gasteiger partial charge in [-0.05, 0) is 26.0 Å². The minimum Gasteiger partial charge on any atom is -0.455 e. The van der Waals surface area contributed by atoms with Crippen LogP contribution in [0.25, 0.3) is 0 Å². The number of carbonyl (C=O) groups excluding carboxylic acids is 2. The van der Waals surface area contributed by atoms with Crippen molar-refractivity contribution in [2.24, 2.45) is 16.8 Å². The lowest BCUT2D eigenvalue weighted by Gasteiger charge is -2.39. The average molecular weight is 332 g/mol. The number of carbonyl (C=O) groups is 2. The number of nitrogens with zero attached hydrogens (tertiary/aromatic N) is 1. The van der Waals surface area contributed by atoms with Crippen molar-refractivity contribution in [1.29, 1.82) is 0 Å². The van der Waals surface area contributed by atoms with Crippen LogP contribution in [0.3, 0.4) is 0 Å². The minimum absolute atomic E-state index is 0.0281. The fraction of sp³-hybridized carbons (Fsp3) is 0.769. The number of fused-ring (bicyclic) bond motifs is 2. The van der Waals surface area contributed by atoms with Crippen LogP contribution in [0, 0.1) is 11.8 Å². The summed E-state index contributed by atoms with van der Waals surface area (Å²) in [6.07, 6.45) is -0.0776. The van der Waals surface area contributed by atoms with Crippen molar-refractivity contribution in [2.75, 3.05) is 18.8 Å². The minimum atomic E-state index is -3.57. The van der Waals surface area contributed by atoms with E-state index in [1.54, 1.807) is 6.92 Å². The van der Waals surface area contributed by atoms with Crippen LogP contribution in [-0.2, 0) is 28.6 Å². The number of ether oxygens (including phenoxy) is 1. The zero-order valence-corrected chi connectivity index (χ0v) is 13.4. The van der Waals surface area contributed by atoms with Gasteiger partial charge in [0.15, 0.2) is 0 Å². The Morgan fingerprint density at radius 1 is 1.50 bits per heavy atom. The first-order valence-electron chi connectivity index (χ1n) is 7.00. The molecular formula is C13H20N2O6S. The van der Waals surface area contributed by atoms with Crippen molar-refractivity contribution in [3.63, 3.8) is 0 Å². The second kappa shape index (κ2) is 5.96. The van der Waals surface area contributed by atoms with Crippen molar-refractivity contribution in [3.8, 4) is 0 Å². The fourth-order valence-electron chi connectivity index (χ4n) is 3.22. The zero-order valence-electron chi connectivity index (χ0n) is 12.6. The Morgan fingerprint density at radius 3 is 2.77 bits per heavy atom. The van der Waals surface area contributed by atoms with Crippen LogP contribution in [0.5, 0.6) is 0 Å². The molecule has 124 valence electrons. The van der Waals surface area contributed by atoms with Gasteiger partial charge < -0.3 is 10.1 Å². The number of esters is 1. The predicted molar refractivity (Wildman–Crippen MR) is 77.9 cm³/mol. The fourth-order valence-corrected chi connectivity index (χ4v) is 4.96. The van der Waals surface area contributed by atoms with Gasteiger partial charge >= 0.3 is 5.97 Å². The van der Waals surface area contributed by atoms with Crippen molar-refractivity contribution in [1.82, 2.24) is 5.32 Å². The van der Waals surface area contributed by atoms with Crippen LogP contribution >= 0.6 is 0 Å². The Morgan fingerprint density at radius 2 is 2.18 bits per heavy atom. The molecule has 1 amide bonds. The first-order chi connectivity index (χ1) is 10.2. The molecule has 0 spiro atoms. The summed E-state index contributed by atoms with van der Waals surface area (Å²) < 4.78 is 34.0. The average Bonchev–Trinajstić information content (AvgIpc) is 2.54. The molecular weight excluding hydrogens is 312 g/mol. The molecule has 0 radical (unpaired) electrons. The van der Waals surface area contributed by atoms with Gasteiger partial charge in [-0.1, -0.05) is 6.92 Å². The third-order valence-electron chi connectivity index (χ3n) is 4.22. The van der Waals surface area contributed by atoms with E-state index in [4.69, 9.17) is 8.92 Å². The maximum absolute atomic E-state index is 11.9. The summed E-state index contributed by atoms with van der Waals surface area (Å²) in [6.45, 7) is 6.31. The van der Waals surface area contributed by atoms with Gasteiger partial charge in [-0.15, -0.1) is 0 Å². The van der Waals surface area contributed by atoms with Crippen LogP contribution in [-0.4, -0.2) is 57.6 Å². The smallest absolute Gasteiger partial charge is 0.326 e. The number of hydrogen-bond donors (Lipinski definition) is 1. The predicted octanol–water partition coefficient (Wildman–Crippen LogP) is -0.510. The lowest BCUT2D eigenvalue weighted by Crippen LogP contribution is -2.54. The number of amides is 1. The normalized spacial score (nSPS) is 35.6. The standard InChI is InChI=1S/C13H20N2O6S/c1-8-4-9-7-22(18,19)21-12(8)13(9,2)20-11(17)6-15-10(16)5-14-3/h8-9,12H,3-7H2,1-2H3,(H,15,16). The lowest BCUT2D eigenvalue weighted by atomic mass is 9.92. The van der Waals surface area contributed by atoms with Crippen molar-refractivity contribution >= 4 is 28.7 Å². The molecule has 2 aliphatic rings. The second-order valence-corrected chi connectivity index (χ2v) is 7.61. The molecule has 4 atom stereocenters. The van der Waals surface area contributed by atoms with E-state index in [0.29, 0.717) is 6.42 Å². The summed E-state index contributed by atoms with van der Waals surface area (Å²) in [4.78, 5) is 26.6. The van der Waals surface area contributed by atoms with Gasteiger partial charge in [0.25, 0.3) is 10.1 Å². The van der Waals surface area contributed by atoms with Gasteiger partial charge in [-0.3, -0.25) is 18.8 Å². The van der Waals surface area contributed by atoms with Gasteiger partial charge in [-0.2, -0.15) is 8.42 Å². The van der Waals surface area contributed by atoms with Gasteiger partial charge in [0.2, 0.25) is 5.91 Å². The van der Waals surface area contributed by atoms with E-state index in [9.17, 15) is 18.0 Å². The first kappa shape index (κ1) is 16.9. The van der Waals surface area contributed by atoms with Crippen LogP contribution in [0.2, 0.25) is 0 Å². The number of nitrogens with one attached hydrogen (secondary N) is 1. The summed E-state index contributed by atoms with van der Waals surface area (Å²) in [5, 5.41) is 2.36. The molecule has 2 fully saturated rings. The van der Waals surface area contributed by atoms with Gasteiger partial charge in [-0.25, -0.2) is 0 Å². The molecule has 1 aliphatic heterocycles. The highest BCUT2D eigenvalue weighted by atomic mass is 32.2. The summed E-state index contributed by atoms with van der Waals surface area (Å²) in [5.74, 6) is -1.56. The van der Waals surface area contributed by atoms with Crippen LogP contribution in [0.4, 0.5) is 0 Å². The summed E-state index contributed by atoms with van der Waals surface area (Å²) >= 11 is 0. The lowest BCUT2D eigenvalue weighted by molar-refractivity contribution is -0.172. The zero-order chi connectivity index (χ0) is 16.5. The number of hydrogen-bond acceptors (Lipinski definition) is 7. The van der Waals surface area contributed by atoms with Crippen LogP contribution in [0.15, 0.2) is 4.99 Å². The Labute approximate surface area is 129 Å². The largest absolute Gasteiger partial charge is 0.455 e. The summed E-state index contributed by atoms with van der Waals surface area (Å²) in [6, 6.07) is 0. The quantitative estimate of drug-likeness (QED) is 0.412. The third-order valence-corrected chi connectivity index (χ3v) is 5.53. The number of aliphatic imine (C=N–C) groups is 1. The molecule has 1 saturated heterocycles. The SMILES string of the molecule is C=NCC(=O)NCC(=O)OC1(C)C2CC(C)C1OS(=O)(=O)C2. The molecule has 1 aliphatic carbocycles. The van der Waals surface area contributed by atoms with Gasteiger partial charge in [0, 0.05) is 5.92 Å². The molecule has 1 saturated carbocycles. The Kier molecular flexibility index (Phi) is 4.57. The molecule has 0 aromatic rings. The maximum Gasteiger partial charge on any atom is 0.326 e. The van der Waals surface area contributed by atoms with E-state index in [-0.39, 0.29) is 30.7 Å². The highest BCUT2D eigenvalue weighted by Crippen LogP contribution is 2.48. The monoisotopic (exact) mass is 332 g/mol. The maximum atomic E-state index is 11.9. The van der Waals surface area contributed by atoms with E-state index in [1.165, 1.54) is 0 Å². The Bertz CT molecular complexity index is 589. The van der Waals surface area contributed by atoms with E-state index >= 15 is 0 Å². The molecule has 0 aromatic heterocycles. The molecule has 22 heavy (non-hydrogen) atoms. The molecule has 1 N–H and O–H groups in total. The van der Waals surface area contributed by atoms with Crippen molar-refractivity contribution in [3.05, 3.63) is 0 Å². The molecule has 1 heterocycles.